The molecular weight excluding hydrogens is 216 g/mol. The van der Waals surface area contributed by atoms with Crippen LogP contribution in [-0.2, 0) is 0 Å². The van der Waals surface area contributed by atoms with Gasteiger partial charge in [0.2, 0.25) is 0 Å². The second kappa shape index (κ2) is 4.06. The third kappa shape index (κ3) is 1.79. The van der Waals surface area contributed by atoms with Gasteiger partial charge in [-0.2, -0.15) is 0 Å². The number of carbonyl (C=O) groups is 1. The van der Waals surface area contributed by atoms with E-state index in [0.717, 1.165) is 29.7 Å². The van der Waals surface area contributed by atoms with E-state index in [0.29, 0.717) is 19.0 Å². The lowest BCUT2D eigenvalue weighted by Gasteiger charge is -2.26. The maximum absolute atomic E-state index is 12.2. The van der Waals surface area contributed by atoms with Crippen molar-refractivity contribution in [1.82, 2.24) is 0 Å². The zero-order chi connectivity index (χ0) is 11.8. The van der Waals surface area contributed by atoms with E-state index in [9.17, 15) is 4.79 Å². The van der Waals surface area contributed by atoms with Crippen molar-refractivity contribution in [3.63, 3.8) is 0 Å². The second-order valence-corrected chi connectivity index (χ2v) is 4.80. The average Bonchev–Trinajstić information content (AvgIpc) is 2.25. The molecule has 0 radical (unpaired) electrons. The molecule has 1 aromatic rings. The summed E-state index contributed by atoms with van der Waals surface area (Å²) in [5.41, 5.74) is 1.80. The highest BCUT2D eigenvalue weighted by Gasteiger charge is 2.28. The third-order valence-electron chi connectivity index (χ3n) is 3.63. The quantitative estimate of drug-likeness (QED) is 0.735. The highest BCUT2D eigenvalue weighted by atomic mass is 16.6. The first-order chi connectivity index (χ1) is 8.25. The third-order valence-corrected chi connectivity index (χ3v) is 3.63. The minimum atomic E-state index is 0.233. The smallest absolute Gasteiger partial charge is 0.166 e. The molecule has 0 unspecified atom stereocenters. The molecule has 90 valence electrons. The van der Waals surface area contributed by atoms with E-state index in [4.69, 9.17) is 9.47 Å². The zero-order valence-electron chi connectivity index (χ0n) is 9.99. The van der Waals surface area contributed by atoms with Crippen LogP contribution in [0.25, 0.3) is 0 Å². The van der Waals surface area contributed by atoms with Crippen molar-refractivity contribution >= 4 is 5.78 Å². The Morgan fingerprint density at radius 2 is 1.82 bits per heavy atom. The number of aryl methyl sites for hydroxylation is 1. The molecule has 3 rings (SSSR count). The van der Waals surface area contributed by atoms with Gasteiger partial charge in [-0.25, -0.2) is 0 Å². The highest BCUT2D eigenvalue weighted by molar-refractivity contribution is 6.00. The number of Topliss-reactive ketones (excluding diaryl/α,β-unsaturated/α-hetero) is 1. The largest absolute Gasteiger partial charge is 0.486 e. The van der Waals surface area contributed by atoms with E-state index in [1.54, 1.807) is 0 Å². The Morgan fingerprint density at radius 3 is 2.41 bits per heavy atom. The number of fused-ring (bicyclic) bond motifs is 1. The van der Waals surface area contributed by atoms with Crippen LogP contribution in [0.1, 0.15) is 35.2 Å². The molecule has 0 spiro atoms. The molecular formula is C14H16O3. The normalized spacial score (nSPS) is 18.6. The molecule has 0 aromatic heterocycles. The molecule has 17 heavy (non-hydrogen) atoms. The molecule has 0 bridgehead atoms. The summed E-state index contributed by atoms with van der Waals surface area (Å²) in [5, 5.41) is 0. The highest BCUT2D eigenvalue weighted by Crippen LogP contribution is 2.36. The molecule has 1 heterocycles. The number of hydrogen-bond acceptors (Lipinski definition) is 3. The van der Waals surface area contributed by atoms with Crippen LogP contribution in [0.2, 0.25) is 0 Å². The maximum Gasteiger partial charge on any atom is 0.166 e. The topological polar surface area (TPSA) is 35.5 Å². The monoisotopic (exact) mass is 232 g/mol. The van der Waals surface area contributed by atoms with Crippen molar-refractivity contribution in [2.75, 3.05) is 13.2 Å². The second-order valence-electron chi connectivity index (χ2n) is 4.80. The summed E-state index contributed by atoms with van der Waals surface area (Å²) in [6.45, 7) is 3.11. The van der Waals surface area contributed by atoms with E-state index in [1.807, 2.05) is 19.1 Å². The summed E-state index contributed by atoms with van der Waals surface area (Å²) < 4.78 is 11.0. The van der Waals surface area contributed by atoms with Crippen LogP contribution >= 0.6 is 0 Å². The molecule has 0 N–H and O–H groups in total. The molecule has 0 amide bonds. The van der Waals surface area contributed by atoms with Gasteiger partial charge in [0, 0.05) is 11.5 Å². The Balaban J connectivity index is 1.95. The first-order valence-corrected chi connectivity index (χ1v) is 6.20. The summed E-state index contributed by atoms with van der Waals surface area (Å²) >= 11 is 0. The first-order valence-electron chi connectivity index (χ1n) is 6.20. The van der Waals surface area contributed by atoms with Gasteiger partial charge in [0.25, 0.3) is 0 Å². The number of hydrogen-bond donors (Lipinski definition) is 0. The minimum absolute atomic E-state index is 0.233. The lowest BCUT2D eigenvalue weighted by Crippen LogP contribution is -2.23. The van der Waals surface area contributed by atoms with Crippen LogP contribution in [0, 0.1) is 12.8 Å². The van der Waals surface area contributed by atoms with Gasteiger partial charge in [-0.15, -0.1) is 0 Å². The van der Waals surface area contributed by atoms with Gasteiger partial charge < -0.3 is 9.47 Å². The van der Waals surface area contributed by atoms with E-state index in [1.165, 1.54) is 6.42 Å². The molecule has 1 aromatic carbocycles. The summed E-state index contributed by atoms with van der Waals surface area (Å²) in [4.78, 5) is 12.2. The number of rotatable bonds is 2. The number of ketones is 1. The van der Waals surface area contributed by atoms with Gasteiger partial charge in [0.1, 0.15) is 13.2 Å². The van der Waals surface area contributed by atoms with Gasteiger partial charge in [-0.05, 0) is 37.5 Å². The SMILES string of the molecule is Cc1cc2c(cc1C(=O)C1CCC1)OCCO2. The molecule has 0 atom stereocenters. The molecule has 1 fully saturated rings. The average molecular weight is 232 g/mol. The van der Waals surface area contributed by atoms with Gasteiger partial charge in [-0.3, -0.25) is 4.79 Å². The van der Waals surface area contributed by atoms with Crippen LogP contribution in [-0.4, -0.2) is 19.0 Å². The molecule has 3 nitrogen and oxygen atoms in total. The fraction of sp³-hybridized carbons (Fsp3) is 0.500. The van der Waals surface area contributed by atoms with E-state index < -0.39 is 0 Å². The van der Waals surface area contributed by atoms with Gasteiger partial charge in [0.05, 0.1) is 0 Å². The van der Waals surface area contributed by atoms with Crippen molar-refractivity contribution in [1.29, 1.82) is 0 Å². The zero-order valence-corrected chi connectivity index (χ0v) is 9.99. The Kier molecular flexibility index (Phi) is 2.54. The van der Waals surface area contributed by atoms with Crippen molar-refractivity contribution in [3.8, 4) is 11.5 Å². The molecule has 1 saturated carbocycles. The van der Waals surface area contributed by atoms with Crippen LogP contribution < -0.4 is 9.47 Å². The Bertz CT molecular complexity index is 461. The molecule has 3 heteroatoms. The van der Waals surface area contributed by atoms with Crippen LogP contribution in [0.3, 0.4) is 0 Å². The Hall–Kier alpha value is -1.51. The van der Waals surface area contributed by atoms with Crippen LogP contribution in [0.15, 0.2) is 12.1 Å². The predicted octanol–water partition coefficient (Wildman–Crippen LogP) is 2.75. The van der Waals surface area contributed by atoms with E-state index in [2.05, 4.69) is 0 Å². The summed E-state index contributed by atoms with van der Waals surface area (Å²) in [5.74, 6) is 1.98. The van der Waals surface area contributed by atoms with Crippen molar-refractivity contribution in [2.24, 2.45) is 5.92 Å². The standard InChI is InChI=1S/C14H16O3/c1-9-7-12-13(17-6-5-16-12)8-11(9)14(15)10-3-2-4-10/h7-8,10H,2-6H2,1H3. The van der Waals surface area contributed by atoms with Crippen molar-refractivity contribution < 1.29 is 14.3 Å². The van der Waals surface area contributed by atoms with Crippen LogP contribution in [0.4, 0.5) is 0 Å². The van der Waals surface area contributed by atoms with Gasteiger partial charge in [-0.1, -0.05) is 6.42 Å². The fourth-order valence-corrected chi connectivity index (χ4v) is 2.35. The number of ether oxygens (including phenoxy) is 2. The fourth-order valence-electron chi connectivity index (χ4n) is 2.35. The maximum atomic E-state index is 12.2. The molecule has 0 saturated heterocycles. The Labute approximate surface area is 101 Å². The van der Waals surface area contributed by atoms with Crippen LogP contribution in [0.5, 0.6) is 11.5 Å². The number of carbonyl (C=O) groups excluding carboxylic acids is 1. The van der Waals surface area contributed by atoms with E-state index >= 15 is 0 Å². The molecule has 1 aliphatic heterocycles. The summed E-state index contributed by atoms with van der Waals surface area (Å²) in [7, 11) is 0. The lowest BCUT2D eigenvalue weighted by molar-refractivity contribution is 0.0853. The summed E-state index contributed by atoms with van der Waals surface area (Å²) in [6.07, 6.45) is 3.25. The van der Waals surface area contributed by atoms with Crippen molar-refractivity contribution in [2.45, 2.75) is 26.2 Å². The lowest BCUT2D eigenvalue weighted by atomic mass is 9.79. The predicted molar refractivity (Wildman–Crippen MR) is 63.8 cm³/mol. The minimum Gasteiger partial charge on any atom is -0.486 e. The first kappa shape index (κ1) is 10.6. The van der Waals surface area contributed by atoms with Crippen molar-refractivity contribution in [3.05, 3.63) is 23.3 Å². The Morgan fingerprint density at radius 1 is 1.18 bits per heavy atom. The van der Waals surface area contributed by atoms with E-state index in [-0.39, 0.29) is 11.7 Å². The van der Waals surface area contributed by atoms with Gasteiger partial charge >= 0.3 is 0 Å². The van der Waals surface area contributed by atoms with Gasteiger partial charge in [0.15, 0.2) is 17.3 Å². The molecule has 2 aliphatic rings. The number of benzene rings is 1. The summed E-state index contributed by atoms with van der Waals surface area (Å²) in [6, 6.07) is 3.77. The molecule has 1 aliphatic carbocycles.